The molecule has 3 N–H and O–H groups in total. The Hall–Kier alpha value is -1.75. The molecule has 1 fully saturated rings. The van der Waals surface area contributed by atoms with E-state index in [1.807, 2.05) is 24.3 Å². The number of nitrogens with zero attached hydrogens (tertiary/aromatic N) is 2. The van der Waals surface area contributed by atoms with Crippen LogP contribution in [0.1, 0.15) is 46.5 Å². The van der Waals surface area contributed by atoms with Gasteiger partial charge in [-0.3, -0.25) is 0 Å². The van der Waals surface area contributed by atoms with Gasteiger partial charge in [0.15, 0.2) is 5.96 Å². The normalized spacial score (nSPS) is 16.2. The zero-order chi connectivity index (χ0) is 18.8. The molecule has 1 saturated heterocycles. The highest BCUT2D eigenvalue weighted by Gasteiger charge is 2.18. The van der Waals surface area contributed by atoms with Crippen LogP contribution in [0.3, 0.4) is 0 Å². The molecule has 1 aromatic carbocycles. The van der Waals surface area contributed by atoms with Crippen molar-refractivity contribution in [1.82, 2.24) is 10.2 Å². The predicted molar refractivity (Wildman–Crippen MR) is 110 cm³/mol. The molecule has 146 valence electrons. The highest BCUT2D eigenvalue weighted by Crippen LogP contribution is 2.21. The van der Waals surface area contributed by atoms with E-state index in [9.17, 15) is 0 Å². The number of aliphatic imine (C=N–C) groups is 1. The van der Waals surface area contributed by atoms with E-state index in [0.29, 0.717) is 12.5 Å². The molecule has 0 saturated carbocycles. The van der Waals surface area contributed by atoms with Crippen LogP contribution in [-0.4, -0.2) is 43.6 Å². The zero-order valence-electron chi connectivity index (χ0n) is 16.7. The zero-order valence-corrected chi connectivity index (χ0v) is 16.7. The van der Waals surface area contributed by atoms with E-state index in [4.69, 9.17) is 15.5 Å². The van der Waals surface area contributed by atoms with Crippen LogP contribution in [-0.2, 0) is 0 Å². The van der Waals surface area contributed by atoms with Gasteiger partial charge in [-0.2, -0.15) is 0 Å². The molecule has 5 nitrogen and oxygen atoms in total. The van der Waals surface area contributed by atoms with Gasteiger partial charge in [0.2, 0.25) is 0 Å². The summed E-state index contributed by atoms with van der Waals surface area (Å²) < 4.78 is 5.80. The average molecular weight is 361 g/mol. The second-order valence-corrected chi connectivity index (χ2v) is 7.70. The first-order chi connectivity index (χ1) is 12.6. The molecule has 1 heterocycles. The quantitative estimate of drug-likeness (QED) is 0.421. The topological polar surface area (TPSA) is 62.9 Å². The molecule has 0 aliphatic carbocycles. The van der Waals surface area contributed by atoms with Gasteiger partial charge in [-0.05, 0) is 68.3 Å². The van der Waals surface area contributed by atoms with Crippen molar-refractivity contribution in [2.45, 2.75) is 46.5 Å². The van der Waals surface area contributed by atoms with Gasteiger partial charge >= 0.3 is 0 Å². The number of guanidine groups is 1. The van der Waals surface area contributed by atoms with E-state index in [2.05, 4.69) is 31.0 Å². The first-order valence-electron chi connectivity index (χ1n) is 10.1. The summed E-state index contributed by atoms with van der Waals surface area (Å²) in [5, 5.41) is 3.48. The van der Waals surface area contributed by atoms with Crippen LogP contribution >= 0.6 is 0 Å². The van der Waals surface area contributed by atoms with Crippen molar-refractivity contribution in [2.24, 2.45) is 22.6 Å². The molecule has 1 aliphatic heterocycles. The molecule has 0 unspecified atom stereocenters. The highest BCUT2D eigenvalue weighted by atomic mass is 16.5. The van der Waals surface area contributed by atoms with E-state index in [-0.39, 0.29) is 0 Å². The molecule has 2 rings (SSSR count). The highest BCUT2D eigenvalue weighted by molar-refractivity contribution is 5.82. The van der Waals surface area contributed by atoms with Crippen molar-refractivity contribution >= 4 is 11.6 Å². The summed E-state index contributed by atoms with van der Waals surface area (Å²) in [6, 6.07) is 8.08. The lowest BCUT2D eigenvalue weighted by Gasteiger charge is -2.33. The number of piperidine rings is 1. The Morgan fingerprint density at radius 1 is 1.27 bits per heavy atom. The number of hydrogen-bond acceptors (Lipinski definition) is 3. The van der Waals surface area contributed by atoms with Crippen molar-refractivity contribution in [1.29, 1.82) is 0 Å². The van der Waals surface area contributed by atoms with E-state index in [0.717, 1.165) is 62.4 Å². The summed E-state index contributed by atoms with van der Waals surface area (Å²) in [6.07, 6.45) is 4.47. The van der Waals surface area contributed by atoms with Crippen molar-refractivity contribution in [3.8, 4) is 5.75 Å². The molecule has 0 radical (unpaired) electrons. The van der Waals surface area contributed by atoms with Gasteiger partial charge in [0.25, 0.3) is 0 Å². The molecule has 0 atom stereocenters. The standard InChI is InChI=1S/C21H36N4O/c1-17(2)11-16-26-20-7-5-19(6-8-20)24-21(23-13-4-12-22)25-14-9-18(3)10-15-25/h5-8,17-18H,4,9-16,22H2,1-3H3,(H,23,24). The Kier molecular flexibility index (Phi) is 8.75. The number of nitrogens with one attached hydrogen (secondary N) is 1. The fourth-order valence-corrected chi connectivity index (χ4v) is 2.90. The molecule has 0 amide bonds. The predicted octanol–water partition coefficient (Wildman–Crippen LogP) is 3.77. The molecular formula is C21H36N4O. The SMILES string of the molecule is CC(C)CCOc1ccc(/N=C(\NCCCN)N2CCC(C)CC2)cc1. The van der Waals surface area contributed by atoms with Crippen LogP contribution in [0, 0.1) is 11.8 Å². The maximum atomic E-state index is 5.80. The maximum absolute atomic E-state index is 5.80. The minimum atomic E-state index is 0.660. The van der Waals surface area contributed by atoms with Crippen LogP contribution in [0.4, 0.5) is 5.69 Å². The smallest absolute Gasteiger partial charge is 0.199 e. The fourth-order valence-electron chi connectivity index (χ4n) is 2.90. The number of nitrogens with two attached hydrogens (primary N) is 1. The summed E-state index contributed by atoms with van der Waals surface area (Å²) in [5.41, 5.74) is 6.59. The van der Waals surface area contributed by atoms with Crippen molar-refractivity contribution < 1.29 is 4.74 Å². The van der Waals surface area contributed by atoms with Gasteiger partial charge in [-0.15, -0.1) is 0 Å². The minimum Gasteiger partial charge on any atom is -0.494 e. The number of benzene rings is 1. The van der Waals surface area contributed by atoms with Gasteiger partial charge < -0.3 is 20.7 Å². The number of rotatable bonds is 8. The lowest BCUT2D eigenvalue weighted by molar-refractivity contribution is 0.274. The third kappa shape index (κ3) is 7.24. The van der Waals surface area contributed by atoms with Crippen LogP contribution in [0.15, 0.2) is 29.3 Å². The maximum Gasteiger partial charge on any atom is 0.199 e. The lowest BCUT2D eigenvalue weighted by Crippen LogP contribution is -2.45. The Labute approximate surface area is 159 Å². The second kappa shape index (κ2) is 11.1. The Balaban J connectivity index is 1.99. The van der Waals surface area contributed by atoms with Gasteiger partial charge in [-0.25, -0.2) is 4.99 Å². The summed E-state index contributed by atoms with van der Waals surface area (Å²) in [4.78, 5) is 7.23. The Morgan fingerprint density at radius 3 is 2.58 bits per heavy atom. The molecule has 26 heavy (non-hydrogen) atoms. The number of likely N-dealkylation sites (tertiary alicyclic amines) is 1. The number of ether oxygens (including phenoxy) is 1. The first kappa shape index (κ1) is 20.6. The lowest BCUT2D eigenvalue weighted by atomic mass is 9.99. The first-order valence-corrected chi connectivity index (χ1v) is 10.1. The molecule has 5 heteroatoms. The molecule has 1 aliphatic rings. The number of hydrogen-bond donors (Lipinski definition) is 2. The van der Waals surface area contributed by atoms with Gasteiger partial charge in [0.1, 0.15) is 5.75 Å². The van der Waals surface area contributed by atoms with Crippen LogP contribution in [0.5, 0.6) is 5.75 Å². The van der Waals surface area contributed by atoms with Crippen molar-refractivity contribution in [3.63, 3.8) is 0 Å². The molecule has 0 spiro atoms. The third-order valence-electron chi connectivity index (χ3n) is 4.78. The minimum absolute atomic E-state index is 0.660. The third-order valence-corrected chi connectivity index (χ3v) is 4.78. The summed E-state index contributed by atoms with van der Waals surface area (Å²) in [5.74, 6) is 3.35. The monoisotopic (exact) mass is 360 g/mol. The fraction of sp³-hybridized carbons (Fsp3) is 0.667. The summed E-state index contributed by atoms with van der Waals surface area (Å²) in [6.45, 7) is 11.2. The van der Waals surface area contributed by atoms with Crippen LogP contribution in [0.25, 0.3) is 0 Å². The van der Waals surface area contributed by atoms with Crippen LogP contribution < -0.4 is 15.8 Å². The Bertz CT molecular complexity index is 533. The van der Waals surface area contributed by atoms with E-state index in [1.54, 1.807) is 0 Å². The van der Waals surface area contributed by atoms with Gasteiger partial charge in [-0.1, -0.05) is 20.8 Å². The molecule has 0 aromatic heterocycles. The van der Waals surface area contributed by atoms with Crippen LogP contribution in [0.2, 0.25) is 0 Å². The van der Waals surface area contributed by atoms with Gasteiger partial charge in [0.05, 0.1) is 12.3 Å². The second-order valence-electron chi connectivity index (χ2n) is 7.70. The summed E-state index contributed by atoms with van der Waals surface area (Å²) in [7, 11) is 0. The van der Waals surface area contributed by atoms with Crippen molar-refractivity contribution in [3.05, 3.63) is 24.3 Å². The average Bonchev–Trinajstić information content (AvgIpc) is 2.63. The van der Waals surface area contributed by atoms with Crippen molar-refractivity contribution in [2.75, 3.05) is 32.8 Å². The molecule has 1 aromatic rings. The molecular weight excluding hydrogens is 324 g/mol. The van der Waals surface area contributed by atoms with E-state index < -0.39 is 0 Å². The Morgan fingerprint density at radius 2 is 1.96 bits per heavy atom. The molecule has 0 bridgehead atoms. The van der Waals surface area contributed by atoms with Gasteiger partial charge in [0, 0.05) is 19.6 Å². The van der Waals surface area contributed by atoms with E-state index >= 15 is 0 Å². The summed E-state index contributed by atoms with van der Waals surface area (Å²) >= 11 is 0. The van der Waals surface area contributed by atoms with E-state index in [1.165, 1.54) is 12.8 Å². The largest absolute Gasteiger partial charge is 0.494 e.